The van der Waals surface area contributed by atoms with Crippen LogP contribution in [0.3, 0.4) is 0 Å². The molecule has 4 atom stereocenters. The van der Waals surface area contributed by atoms with Gasteiger partial charge in [-0.2, -0.15) is 0 Å². The molecule has 3 rings (SSSR count). The Balaban J connectivity index is 1.76. The van der Waals surface area contributed by atoms with E-state index in [0.717, 1.165) is 31.5 Å². The van der Waals surface area contributed by atoms with Gasteiger partial charge in [-0.25, -0.2) is 4.98 Å². The number of ether oxygens (including phenoxy) is 1. The fourth-order valence-electron chi connectivity index (χ4n) is 3.40. The van der Waals surface area contributed by atoms with Crippen molar-refractivity contribution < 1.29 is 4.74 Å². The molecule has 2 fully saturated rings. The predicted molar refractivity (Wildman–Crippen MR) is 75.0 cm³/mol. The SMILES string of the molecule is CC1CCC(n2cncc2C2CNCCO2)CC1C. The second kappa shape index (κ2) is 5.63. The van der Waals surface area contributed by atoms with Crippen LogP contribution >= 0.6 is 0 Å². The molecule has 1 aromatic rings. The molecule has 0 amide bonds. The van der Waals surface area contributed by atoms with E-state index in [1.807, 2.05) is 12.5 Å². The molecule has 106 valence electrons. The van der Waals surface area contributed by atoms with Gasteiger partial charge >= 0.3 is 0 Å². The van der Waals surface area contributed by atoms with Gasteiger partial charge in [0.1, 0.15) is 6.10 Å². The van der Waals surface area contributed by atoms with E-state index >= 15 is 0 Å². The van der Waals surface area contributed by atoms with Crippen molar-refractivity contribution >= 4 is 0 Å². The number of aromatic nitrogens is 2. The highest BCUT2D eigenvalue weighted by molar-refractivity contribution is 5.07. The molecular formula is C15H25N3O. The highest BCUT2D eigenvalue weighted by Gasteiger charge is 2.28. The van der Waals surface area contributed by atoms with Crippen LogP contribution in [0.5, 0.6) is 0 Å². The molecule has 4 unspecified atom stereocenters. The summed E-state index contributed by atoms with van der Waals surface area (Å²) >= 11 is 0. The molecule has 2 heterocycles. The number of hydrogen-bond donors (Lipinski definition) is 1. The van der Waals surface area contributed by atoms with E-state index < -0.39 is 0 Å². The Hall–Kier alpha value is -0.870. The fraction of sp³-hybridized carbons (Fsp3) is 0.800. The van der Waals surface area contributed by atoms with E-state index in [2.05, 4.69) is 28.7 Å². The van der Waals surface area contributed by atoms with Crippen LogP contribution in [-0.2, 0) is 4.74 Å². The molecule has 19 heavy (non-hydrogen) atoms. The zero-order chi connectivity index (χ0) is 13.2. The summed E-state index contributed by atoms with van der Waals surface area (Å²) in [6, 6.07) is 0.606. The molecule has 1 N–H and O–H groups in total. The minimum Gasteiger partial charge on any atom is -0.369 e. The number of nitrogens with zero attached hydrogens (tertiary/aromatic N) is 2. The first-order valence-electron chi connectivity index (χ1n) is 7.59. The van der Waals surface area contributed by atoms with Crippen molar-refractivity contribution in [2.24, 2.45) is 11.8 Å². The van der Waals surface area contributed by atoms with Gasteiger partial charge in [-0.1, -0.05) is 13.8 Å². The van der Waals surface area contributed by atoms with Crippen molar-refractivity contribution in [2.45, 2.75) is 45.3 Å². The lowest BCUT2D eigenvalue weighted by atomic mass is 9.79. The van der Waals surface area contributed by atoms with Gasteiger partial charge < -0.3 is 14.6 Å². The number of imidazole rings is 1. The molecule has 1 saturated carbocycles. The molecule has 0 bridgehead atoms. The lowest BCUT2D eigenvalue weighted by Gasteiger charge is -2.35. The molecule has 0 aromatic carbocycles. The first-order valence-corrected chi connectivity index (χ1v) is 7.59. The normalized spacial score (nSPS) is 36.3. The average molecular weight is 263 g/mol. The van der Waals surface area contributed by atoms with E-state index in [1.165, 1.54) is 25.0 Å². The summed E-state index contributed by atoms with van der Waals surface area (Å²) in [7, 11) is 0. The van der Waals surface area contributed by atoms with Gasteiger partial charge in [-0.15, -0.1) is 0 Å². The second-order valence-corrected chi connectivity index (χ2v) is 6.21. The summed E-state index contributed by atoms with van der Waals surface area (Å²) in [5.74, 6) is 1.66. The van der Waals surface area contributed by atoms with Crippen LogP contribution in [0.1, 0.15) is 50.9 Å². The summed E-state index contributed by atoms with van der Waals surface area (Å²) in [4.78, 5) is 4.37. The molecular weight excluding hydrogens is 238 g/mol. The smallest absolute Gasteiger partial charge is 0.111 e. The van der Waals surface area contributed by atoms with Crippen LogP contribution in [0.2, 0.25) is 0 Å². The van der Waals surface area contributed by atoms with Crippen molar-refractivity contribution in [1.29, 1.82) is 0 Å². The minimum atomic E-state index is 0.172. The maximum atomic E-state index is 5.88. The topological polar surface area (TPSA) is 39.1 Å². The van der Waals surface area contributed by atoms with Gasteiger partial charge in [0.2, 0.25) is 0 Å². The van der Waals surface area contributed by atoms with E-state index in [4.69, 9.17) is 4.74 Å². The predicted octanol–water partition coefficient (Wildman–Crippen LogP) is 2.54. The van der Waals surface area contributed by atoms with Crippen LogP contribution in [0, 0.1) is 11.8 Å². The Kier molecular flexibility index (Phi) is 3.89. The zero-order valence-corrected chi connectivity index (χ0v) is 12.0. The zero-order valence-electron chi connectivity index (χ0n) is 12.0. The van der Waals surface area contributed by atoms with Crippen LogP contribution in [0.25, 0.3) is 0 Å². The minimum absolute atomic E-state index is 0.172. The highest BCUT2D eigenvalue weighted by Crippen LogP contribution is 2.37. The molecule has 0 radical (unpaired) electrons. The molecule has 1 aliphatic heterocycles. The van der Waals surface area contributed by atoms with E-state index in [1.54, 1.807) is 0 Å². The lowest BCUT2D eigenvalue weighted by Crippen LogP contribution is -2.35. The Labute approximate surface area is 115 Å². The molecule has 1 aromatic heterocycles. The largest absolute Gasteiger partial charge is 0.369 e. The standard InChI is InChI=1S/C15H25N3O/c1-11-3-4-13(7-12(11)2)18-10-17-8-14(18)15-9-16-5-6-19-15/h8,10-13,15-16H,3-7,9H2,1-2H3. The van der Waals surface area contributed by atoms with Gasteiger partial charge in [0.15, 0.2) is 0 Å². The first kappa shape index (κ1) is 13.1. The van der Waals surface area contributed by atoms with Crippen LogP contribution < -0.4 is 5.32 Å². The maximum Gasteiger partial charge on any atom is 0.111 e. The maximum absolute atomic E-state index is 5.88. The van der Waals surface area contributed by atoms with Gasteiger partial charge in [0.25, 0.3) is 0 Å². The first-order chi connectivity index (χ1) is 9.25. The third-order valence-corrected chi connectivity index (χ3v) is 4.92. The average Bonchev–Trinajstić information content (AvgIpc) is 2.92. The van der Waals surface area contributed by atoms with Crippen LogP contribution in [-0.4, -0.2) is 29.2 Å². The third kappa shape index (κ3) is 2.70. The molecule has 1 aliphatic carbocycles. The molecule has 4 heteroatoms. The second-order valence-electron chi connectivity index (χ2n) is 6.21. The van der Waals surface area contributed by atoms with Gasteiger partial charge in [0, 0.05) is 19.1 Å². The Morgan fingerprint density at radius 1 is 1.32 bits per heavy atom. The van der Waals surface area contributed by atoms with E-state index in [9.17, 15) is 0 Å². The molecule has 1 saturated heterocycles. The van der Waals surface area contributed by atoms with Crippen molar-refractivity contribution in [3.63, 3.8) is 0 Å². The number of nitrogens with one attached hydrogen (secondary N) is 1. The van der Waals surface area contributed by atoms with Gasteiger partial charge in [-0.05, 0) is 31.1 Å². The quantitative estimate of drug-likeness (QED) is 0.891. The van der Waals surface area contributed by atoms with E-state index in [-0.39, 0.29) is 6.10 Å². The monoisotopic (exact) mass is 263 g/mol. The Bertz CT molecular complexity index is 411. The summed E-state index contributed by atoms with van der Waals surface area (Å²) in [6.45, 7) is 7.43. The van der Waals surface area contributed by atoms with Crippen LogP contribution in [0.4, 0.5) is 0 Å². The van der Waals surface area contributed by atoms with E-state index in [0.29, 0.717) is 6.04 Å². The van der Waals surface area contributed by atoms with Crippen molar-refractivity contribution in [2.75, 3.05) is 19.7 Å². The Morgan fingerprint density at radius 2 is 2.21 bits per heavy atom. The van der Waals surface area contributed by atoms with Crippen molar-refractivity contribution in [1.82, 2.24) is 14.9 Å². The van der Waals surface area contributed by atoms with Crippen molar-refractivity contribution in [3.8, 4) is 0 Å². The fourth-order valence-corrected chi connectivity index (χ4v) is 3.40. The van der Waals surface area contributed by atoms with Gasteiger partial charge in [-0.3, -0.25) is 0 Å². The molecule has 2 aliphatic rings. The number of morpholine rings is 1. The number of hydrogen-bond acceptors (Lipinski definition) is 3. The van der Waals surface area contributed by atoms with Gasteiger partial charge in [0.05, 0.1) is 24.8 Å². The summed E-state index contributed by atoms with van der Waals surface area (Å²) in [5.41, 5.74) is 1.25. The highest BCUT2D eigenvalue weighted by atomic mass is 16.5. The van der Waals surface area contributed by atoms with Crippen molar-refractivity contribution in [3.05, 3.63) is 18.2 Å². The number of rotatable bonds is 2. The Morgan fingerprint density at radius 3 is 2.95 bits per heavy atom. The summed E-state index contributed by atoms with van der Waals surface area (Å²) in [6.07, 6.45) is 8.03. The summed E-state index contributed by atoms with van der Waals surface area (Å²) < 4.78 is 8.25. The summed E-state index contributed by atoms with van der Waals surface area (Å²) in [5, 5.41) is 3.40. The molecule has 0 spiro atoms. The van der Waals surface area contributed by atoms with Crippen LogP contribution in [0.15, 0.2) is 12.5 Å². The lowest BCUT2D eigenvalue weighted by molar-refractivity contribution is 0.0208. The third-order valence-electron chi connectivity index (χ3n) is 4.92. The molecule has 4 nitrogen and oxygen atoms in total.